The fraction of sp³-hybridized carbons (Fsp3) is 0.643. The number of esters is 1. The van der Waals surface area contributed by atoms with E-state index in [0.29, 0.717) is 12.6 Å². The number of hydrogen-bond donors (Lipinski definition) is 0. The Kier molecular flexibility index (Phi) is 8.27. The van der Waals surface area contributed by atoms with Gasteiger partial charge in [-0.15, -0.1) is 0 Å². The van der Waals surface area contributed by atoms with Gasteiger partial charge in [-0.3, -0.25) is 14.4 Å². The first-order valence-electron chi connectivity index (χ1n) is 6.49. The highest BCUT2D eigenvalue weighted by Gasteiger charge is 2.31. The van der Waals surface area contributed by atoms with Crippen molar-refractivity contribution in [2.24, 2.45) is 11.8 Å². The molecule has 0 amide bonds. The van der Waals surface area contributed by atoms with E-state index in [0.717, 1.165) is 0 Å². The van der Waals surface area contributed by atoms with Gasteiger partial charge in [0, 0.05) is 19.3 Å². The van der Waals surface area contributed by atoms with Crippen molar-refractivity contribution < 1.29 is 28.7 Å². The van der Waals surface area contributed by atoms with Crippen molar-refractivity contribution in [2.45, 2.75) is 46.1 Å². The number of carbonyl (C=O) groups is 5. The average Bonchev–Trinajstić information content (AvgIpc) is 2.42. The normalized spacial score (nSPS) is 13.4. The lowest BCUT2D eigenvalue weighted by Crippen LogP contribution is -2.35. The lowest BCUT2D eigenvalue weighted by atomic mass is 9.93. The second kappa shape index (κ2) is 9.12. The van der Waals surface area contributed by atoms with Gasteiger partial charge in [0.25, 0.3) is 0 Å². The molecule has 0 fully saturated rings. The molecule has 20 heavy (non-hydrogen) atoms. The van der Waals surface area contributed by atoms with Crippen LogP contribution in [0.5, 0.6) is 0 Å². The second-order valence-corrected chi connectivity index (χ2v) is 4.81. The number of ether oxygens (including phenoxy) is 1. The zero-order valence-corrected chi connectivity index (χ0v) is 12.0. The van der Waals surface area contributed by atoms with Crippen LogP contribution < -0.4 is 0 Å². The number of carbonyl (C=O) groups excluding carboxylic acids is 5. The summed E-state index contributed by atoms with van der Waals surface area (Å²) < 4.78 is 5.08. The third-order valence-electron chi connectivity index (χ3n) is 2.80. The van der Waals surface area contributed by atoms with Crippen molar-refractivity contribution in [3.63, 3.8) is 0 Å². The Morgan fingerprint density at radius 3 is 2.10 bits per heavy atom. The van der Waals surface area contributed by atoms with Crippen LogP contribution in [0.3, 0.4) is 0 Å². The van der Waals surface area contributed by atoms with Gasteiger partial charge in [-0.1, -0.05) is 20.8 Å². The van der Waals surface area contributed by atoms with Crippen LogP contribution in [0.2, 0.25) is 0 Å². The molecule has 0 saturated heterocycles. The molecule has 0 heterocycles. The van der Waals surface area contributed by atoms with E-state index < -0.39 is 35.5 Å². The molecule has 0 bridgehead atoms. The van der Waals surface area contributed by atoms with E-state index in [1.54, 1.807) is 13.8 Å². The first-order valence-corrected chi connectivity index (χ1v) is 6.49. The summed E-state index contributed by atoms with van der Waals surface area (Å²) in [4.78, 5) is 55.7. The van der Waals surface area contributed by atoms with Gasteiger partial charge in [-0.25, -0.2) is 0 Å². The molecule has 0 aromatic rings. The summed E-state index contributed by atoms with van der Waals surface area (Å²) in [6, 6.07) is 0. The number of hydrogen-bond acceptors (Lipinski definition) is 6. The highest BCUT2D eigenvalue weighted by molar-refractivity contribution is 6.38. The number of aldehydes is 2. The van der Waals surface area contributed by atoms with Crippen LogP contribution in [0.4, 0.5) is 0 Å². The maximum atomic E-state index is 11.8. The Morgan fingerprint density at radius 2 is 1.65 bits per heavy atom. The topological polar surface area (TPSA) is 94.6 Å². The van der Waals surface area contributed by atoms with E-state index in [1.807, 2.05) is 0 Å². The van der Waals surface area contributed by atoms with Gasteiger partial charge >= 0.3 is 5.97 Å². The van der Waals surface area contributed by atoms with E-state index in [9.17, 15) is 24.0 Å². The Bertz CT molecular complexity index is 385. The minimum atomic E-state index is -0.949. The second-order valence-electron chi connectivity index (χ2n) is 4.81. The van der Waals surface area contributed by atoms with Crippen molar-refractivity contribution >= 4 is 30.1 Å². The van der Waals surface area contributed by atoms with Gasteiger partial charge in [-0.05, 0) is 0 Å². The van der Waals surface area contributed by atoms with E-state index in [-0.39, 0.29) is 19.3 Å². The first-order chi connectivity index (χ1) is 9.34. The maximum Gasteiger partial charge on any atom is 0.308 e. The van der Waals surface area contributed by atoms with Gasteiger partial charge in [0.2, 0.25) is 5.78 Å². The Morgan fingerprint density at radius 1 is 1.05 bits per heavy atom. The molecule has 0 spiro atoms. The minimum absolute atomic E-state index is 0.0264. The summed E-state index contributed by atoms with van der Waals surface area (Å²) in [6.45, 7) is 4.69. The highest BCUT2D eigenvalue weighted by Crippen LogP contribution is 2.15. The van der Waals surface area contributed by atoms with Crippen LogP contribution in [-0.4, -0.2) is 36.2 Å². The van der Waals surface area contributed by atoms with Crippen molar-refractivity contribution in [3.8, 4) is 0 Å². The fourth-order valence-corrected chi connectivity index (χ4v) is 1.47. The molecular weight excluding hydrogens is 264 g/mol. The van der Waals surface area contributed by atoms with Crippen LogP contribution in [0.15, 0.2) is 0 Å². The smallest absolute Gasteiger partial charge is 0.308 e. The molecule has 0 radical (unpaired) electrons. The van der Waals surface area contributed by atoms with E-state index >= 15 is 0 Å². The summed E-state index contributed by atoms with van der Waals surface area (Å²) >= 11 is 0. The van der Waals surface area contributed by atoms with Crippen molar-refractivity contribution in [3.05, 3.63) is 0 Å². The lowest BCUT2D eigenvalue weighted by molar-refractivity contribution is -0.158. The zero-order valence-electron chi connectivity index (χ0n) is 12.0. The molecule has 0 aliphatic carbocycles. The summed E-state index contributed by atoms with van der Waals surface area (Å²) in [6.07, 6.45) is -0.197. The summed E-state index contributed by atoms with van der Waals surface area (Å²) in [5.74, 6) is -3.24. The predicted molar refractivity (Wildman–Crippen MR) is 69.9 cm³/mol. The average molecular weight is 284 g/mol. The molecule has 0 N–H and O–H groups in total. The molecule has 0 aliphatic rings. The third kappa shape index (κ3) is 5.86. The number of rotatable bonds is 10. The van der Waals surface area contributed by atoms with E-state index in [2.05, 4.69) is 0 Å². The SMILES string of the molecule is CC(C)C(=O)OC(CC=O)C(C)C(=O)C(=O)CCC=O. The Balaban J connectivity index is 4.77. The number of ketones is 2. The standard InChI is InChI=1S/C14H20O6/c1-9(2)14(19)20-12(6-8-16)10(3)13(18)11(17)5-4-7-15/h7-10,12H,4-6H2,1-3H3. The third-order valence-corrected chi connectivity index (χ3v) is 2.80. The molecular formula is C14H20O6. The zero-order chi connectivity index (χ0) is 15.7. The molecule has 2 atom stereocenters. The fourth-order valence-electron chi connectivity index (χ4n) is 1.47. The van der Waals surface area contributed by atoms with Crippen molar-refractivity contribution in [1.82, 2.24) is 0 Å². The quantitative estimate of drug-likeness (QED) is 0.336. The van der Waals surface area contributed by atoms with Gasteiger partial charge < -0.3 is 14.3 Å². The highest BCUT2D eigenvalue weighted by atomic mass is 16.5. The molecule has 6 nitrogen and oxygen atoms in total. The number of Topliss-reactive ketones (excluding diaryl/α,β-unsaturated/α-hetero) is 2. The molecule has 6 heteroatoms. The predicted octanol–water partition coefficient (Wildman–Crippen LogP) is 0.897. The van der Waals surface area contributed by atoms with E-state index in [4.69, 9.17) is 4.74 Å². The molecule has 0 aromatic heterocycles. The Hall–Kier alpha value is -1.85. The van der Waals surface area contributed by atoms with E-state index in [1.165, 1.54) is 6.92 Å². The summed E-state index contributed by atoms with van der Waals surface area (Å²) in [5, 5.41) is 0. The lowest BCUT2D eigenvalue weighted by Gasteiger charge is -2.22. The molecule has 112 valence electrons. The van der Waals surface area contributed by atoms with Crippen LogP contribution in [0, 0.1) is 11.8 Å². The maximum absolute atomic E-state index is 11.8. The molecule has 0 rings (SSSR count). The van der Waals surface area contributed by atoms with Crippen LogP contribution >= 0.6 is 0 Å². The summed E-state index contributed by atoms with van der Waals surface area (Å²) in [7, 11) is 0. The van der Waals surface area contributed by atoms with Gasteiger partial charge in [-0.2, -0.15) is 0 Å². The van der Waals surface area contributed by atoms with Crippen LogP contribution in [0.1, 0.15) is 40.0 Å². The van der Waals surface area contributed by atoms with Gasteiger partial charge in [0.05, 0.1) is 11.8 Å². The monoisotopic (exact) mass is 284 g/mol. The molecule has 0 saturated carbocycles. The van der Waals surface area contributed by atoms with Gasteiger partial charge in [0.1, 0.15) is 18.7 Å². The van der Waals surface area contributed by atoms with Gasteiger partial charge in [0.15, 0.2) is 5.78 Å². The van der Waals surface area contributed by atoms with Crippen LogP contribution in [-0.2, 0) is 28.7 Å². The van der Waals surface area contributed by atoms with Crippen molar-refractivity contribution in [2.75, 3.05) is 0 Å². The molecule has 2 unspecified atom stereocenters. The largest absolute Gasteiger partial charge is 0.461 e. The van der Waals surface area contributed by atoms with Crippen LogP contribution in [0.25, 0.3) is 0 Å². The first kappa shape index (κ1) is 18.1. The summed E-state index contributed by atoms with van der Waals surface area (Å²) in [5.41, 5.74) is 0. The minimum Gasteiger partial charge on any atom is -0.461 e. The Labute approximate surface area is 117 Å². The molecule has 0 aliphatic heterocycles. The van der Waals surface area contributed by atoms with Crippen molar-refractivity contribution in [1.29, 1.82) is 0 Å². The molecule has 0 aromatic carbocycles.